The number of hydrogen-bond donors (Lipinski definition) is 2. The van der Waals surface area contributed by atoms with E-state index in [0.29, 0.717) is 11.4 Å². The van der Waals surface area contributed by atoms with Crippen LogP contribution in [0.25, 0.3) is 0 Å². The average Bonchev–Trinajstić information content (AvgIpc) is 3.20. The summed E-state index contributed by atoms with van der Waals surface area (Å²) in [7, 11) is 0. The quantitative estimate of drug-likeness (QED) is 0.441. The highest BCUT2D eigenvalue weighted by molar-refractivity contribution is 5.78. The van der Waals surface area contributed by atoms with Crippen LogP contribution in [0, 0.1) is 11.8 Å². The minimum atomic E-state index is 0.648. The van der Waals surface area contributed by atoms with Crippen LogP contribution in [0.4, 0.5) is 0 Å². The number of aromatic nitrogens is 2. The zero-order valence-corrected chi connectivity index (χ0v) is 17.6. The zero-order valence-electron chi connectivity index (χ0n) is 17.6. The van der Waals surface area contributed by atoms with Crippen molar-refractivity contribution in [3.05, 3.63) is 45.0 Å². The maximum Gasteiger partial charge on any atom is 0.166 e. The fourth-order valence-corrected chi connectivity index (χ4v) is 3.86. The Morgan fingerprint density at radius 2 is 0.929 bits per heavy atom. The third-order valence-corrected chi connectivity index (χ3v) is 5.05. The van der Waals surface area contributed by atoms with Crippen molar-refractivity contribution in [2.24, 2.45) is 0 Å². The molecule has 0 bridgehead atoms. The number of aromatic amines is 2. The van der Waals surface area contributed by atoms with Crippen molar-refractivity contribution in [1.29, 1.82) is 0 Å². The summed E-state index contributed by atoms with van der Waals surface area (Å²) in [6.45, 7) is 8.51. The molecule has 0 saturated heterocycles. The molecule has 0 fully saturated rings. The van der Waals surface area contributed by atoms with Crippen molar-refractivity contribution < 1.29 is 9.59 Å². The maximum absolute atomic E-state index is 11.5. The summed E-state index contributed by atoms with van der Waals surface area (Å²) in [4.78, 5) is 29.5. The predicted molar refractivity (Wildman–Crippen MR) is 114 cm³/mol. The molecule has 0 radical (unpaired) electrons. The van der Waals surface area contributed by atoms with Gasteiger partial charge in [-0.05, 0) is 59.8 Å². The Labute approximate surface area is 168 Å². The lowest BCUT2D eigenvalue weighted by Gasteiger charge is -2.03. The van der Waals surface area contributed by atoms with Gasteiger partial charge in [-0.3, -0.25) is 9.59 Å². The van der Waals surface area contributed by atoms with E-state index in [4.69, 9.17) is 0 Å². The number of hydrogen-bond acceptors (Lipinski definition) is 2. The molecule has 28 heavy (non-hydrogen) atoms. The van der Waals surface area contributed by atoms with Crippen LogP contribution >= 0.6 is 0 Å². The Morgan fingerprint density at radius 1 is 0.607 bits per heavy atom. The van der Waals surface area contributed by atoms with E-state index in [1.54, 1.807) is 0 Å². The Bertz CT molecular complexity index is 805. The first-order valence-electron chi connectivity index (χ1n) is 10.5. The van der Waals surface area contributed by atoms with Crippen molar-refractivity contribution in [3.8, 4) is 11.8 Å². The second-order valence-electron chi connectivity index (χ2n) is 7.23. The number of H-pyrrole nitrogens is 2. The van der Waals surface area contributed by atoms with Crippen molar-refractivity contribution in [3.63, 3.8) is 0 Å². The predicted octanol–water partition coefficient (Wildman–Crippen LogP) is 5.18. The number of rotatable bonds is 10. The first-order valence-corrected chi connectivity index (χ1v) is 10.5. The lowest BCUT2D eigenvalue weighted by molar-refractivity contribution is 0.111. The highest BCUT2D eigenvalue weighted by atomic mass is 16.1. The first kappa shape index (κ1) is 21.8. The van der Waals surface area contributed by atoms with Crippen LogP contribution in [0.15, 0.2) is 0 Å². The van der Waals surface area contributed by atoms with Gasteiger partial charge in [-0.1, -0.05) is 53.4 Å². The number of nitrogens with one attached hydrogen (secondary N) is 2. The monoisotopic (exact) mass is 380 g/mol. The Hall–Kier alpha value is -2.54. The van der Waals surface area contributed by atoms with E-state index in [-0.39, 0.29) is 0 Å². The zero-order chi connectivity index (χ0) is 20.5. The van der Waals surface area contributed by atoms with Crippen LogP contribution < -0.4 is 0 Å². The van der Waals surface area contributed by atoms with E-state index < -0.39 is 0 Å². The number of carbonyl (C=O) groups excluding carboxylic acids is 2. The molecule has 2 aromatic heterocycles. The van der Waals surface area contributed by atoms with Gasteiger partial charge in [0.25, 0.3) is 0 Å². The standard InChI is InChI=1S/C24H32N2O2/c1-5-9-17-19(11-7-3)23(15-27)25-21(17)13-14-22-18(10-6-2)20(12-8-4)24(16-28)26-22/h15-16,25-26H,5-12H2,1-4H3. The molecule has 0 aromatic carbocycles. The molecule has 2 rings (SSSR count). The van der Waals surface area contributed by atoms with Gasteiger partial charge < -0.3 is 9.97 Å². The highest BCUT2D eigenvalue weighted by Gasteiger charge is 2.16. The summed E-state index contributed by atoms with van der Waals surface area (Å²) in [6, 6.07) is 0. The molecule has 2 heterocycles. The molecule has 150 valence electrons. The average molecular weight is 381 g/mol. The summed E-state index contributed by atoms with van der Waals surface area (Å²) < 4.78 is 0. The fourth-order valence-electron chi connectivity index (χ4n) is 3.86. The van der Waals surface area contributed by atoms with Crippen molar-refractivity contribution in [2.75, 3.05) is 0 Å². The Balaban J connectivity index is 2.56. The molecule has 0 spiro atoms. The van der Waals surface area contributed by atoms with E-state index in [1.165, 1.54) is 0 Å². The van der Waals surface area contributed by atoms with Gasteiger partial charge in [-0.25, -0.2) is 0 Å². The van der Waals surface area contributed by atoms with Crippen molar-refractivity contribution in [2.45, 2.75) is 79.1 Å². The molecule has 0 atom stereocenters. The summed E-state index contributed by atoms with van der Waals surface area (Å²) in [5.41, 5.74) is 7.47. The molecule has 2 N–H and O–H groups in total. The second-order valence-corrected chi connectivity index (χ2v) is 7.23. The van der Waals surface area contributed by atoms with Crippen LogP contribution in [0.5, 0.6) is 0 Å². The third-order valence-electron chi connectivity index (χ3n) is 5.05. The van der Waals surface area contributed by atoms with Gasteiger partial charge in [-0.2, -0.15) is 0 Å². The molecule has 0 saturated carbocycles. The number of carbonyl (C=O) groups is 2. The second kappa shape index (κ2) is 10.7. The molecular weight excluding hydrogens is 348 g/mol. The first-order chi connectivity index (χ1) is 13.6. The molecule has 0 aliphatic rings. The normalized spacial score (nSPS) is 10.6. The van der Waals surface area contributed by atoms with Gasteiger partial charge in [0.15, 0.2) is 12.6 Å². The summed E-state index contributed by atoms with van der Waals surface area (Å²) in [5.74, 6) is 6.52. The minimum Gasteiger partial charge on any atom is -0.345 e. The lowest BCUT2D eigenvalue weighted by atomic mass is 9.99. The molecule has 0 amide bonds. The van der Waals surface area contributed by atoms with Gasteiger partial charge in [-0.15, -0.1) is 0 Å². The van der Waals surface area contributed by atoms with Crippen LogP contribution in [0.3, 0.4) is 0 Å². The van der Waals surface area contributed by atoms with E-state index in [1.807, 2.05) is 0 Å². The van der Waals surface area contributed by atoms with Crippen LogP contribution in [-0.4, -0.2) is 22.5 Å². The maximum atomic E-state index is 11.5. The van der Waals surface area contributed by atoms with Crippen LogP contribution in [0.2, 0.25) is 0 Å². The van der Waals surface area contributed by atoms with E-state index >= 15 is 0 Å². The molecule has 4 heteroatoms. The fraction of sp³-hybridized carbons (Fsp3) is 0.500. The largest absolute Gasteiger partial charge is 0.345 e. The lowest BCUT2D eigenvalue weighted by Crippen LogP contribution is -1.95. The number of aldehydes is 2. The van der Waals surface area contributed by atoms with E-state index in [2.05, 4.69) is 49.5 Å². The van der Waals surface area contributed by atoms with Gasteiger partial charge >= 0.3 is 0 Å². The summed E-state index contributed by atoms with van der Waals surface area (Å²) in [6.07, 6.45) is 9.33. The molecular formula is C24H32N2O2. The molecule has 0 aliphatic heterocycles. The third kappa shape index (κ3) is 4.65. The van der Waals surface area contributed by atoms with Crippen LogP contribution in [-0.2, 0) is 25.7 Å². The van der Waals surface area contributed by atoms with Crippen molar-refractivity contribution >= 4 is 12.6 Å². The smallest absolute Gasteiger partial charge is 0.166 e. The Morgan fingerprint density at radius 3 is 1.21 bits per heavy atom. The van der Waals surface area contributed by atoms with Crippen LogP contribution in [0.1, 0.15) is 108 Å². The van der Waals surface area contributed by atoms with Gasteiger partial charge in [0.05, 0.1) is 22.8 Å². The minimum absolute atomic E-state index is 0.648. The molecule has 4 nitrogen and oxygen atoms in total. The molecule has 0 unspecified atom stereocenters. The molecule has 2 aromatic rings. The molecule has 0 aliphatic carbocycles. The Kier molecular flexibility index (Phi) is 8.32. The topological polar surface area (TPSA) is 65.7 Å². The van der Waals surface area contributed by atoms with Gasteiger partial charge in [0.2, 0.25) is 0 Å². The van der Waals surface area contributed by atoms with E-state index in [9.17, 15) is 9.59 Å². The van der Waals surface area contributed by atoms with Gasteiger partial charge in [0.1, 0.15) is 0 Å². The SMILES string of the molecule is CCCc1c(C#Cc2[nH]c(C=O)c(CCC)c2CCC)[nH]c(C=O)c1CCC. The van der Waals surface area contributed by atoms with Crippen molar-refractivity contribution in [1.82, 2.24) is 9.97 Å². The summed E-state index contributed by atoms with van der Waals surface area (Å²) in [5, 5.41) is 0. The highest BCUT2D eigenvalue weighted by Crippen LogP contribution is 2.23. The van der Waals surface area contributed by atoms with Gasteiger partial charge in [0, 0.05) is 0 Å². The van der Waals surface area contributed by atoms with E-state index in [0.717, 1.165) is 97.6 Å². The summed E-state index contributed by atoms with van der Waals surface area (Å²) >= 11 is 0.